The van der Waals surface area contributed by atoms with Gasteiger partial charge in [0.1, 0.15) is 0 Å². The highest BCUT2D eigenvalue weighted by Crippen LogP contribution is 2.44. The Morgan fingerprint density at radius 3 is 1.33 bits per heavy atom. The summed E-state index contributed by atoms with van der Waals surface area (Å²) in [5.74, 6) is 0. The normalized spacial score (nSPS) is 13.8. The smallest absolute Gasteiger partial charge is 0.211 e. The molecule has 2 heteroatoms. The lowest BCUT2D eigenvalue weighted by Gasteiger charge is -2.12. The van der Waals surface area contributed by atoms with Crippen LogP contribution in [0.3, 0.4) is 0 Å². The Bertz CT molecular complexity index is 973. The van der Waals surface area contributed by atoms with Gasteiger partial charge in [-0.25, -0.2) is 4.70 Å². The van der Waals surface area contributed by atoms with E-state index in [1.807, 2.05) is 0 Å². The van der Waals surface area contributed by atoms with Crippen LogP contribution < -0.4 is 0 Å². The molecule has 0 amide bonds. The van der Waals surface area contributed by atoms with E-state index in [-0.39, 0.29) is 0 Å². The Morgan fingerprint density at radius 1 is 0.528 bits per heavy atom. The molecule has 2 aromatic rings. The maximum Gasteiger partial charge on any atom is 0.211 e. The van der Waals surface area contributed by atoms with Gasteiger partial charge in [-0.3, -0.25) is 0 Å². The molecule has 2 aromatic carbocycles. The summed E-state index contributed by atoms with van der Waals surface area (Å²) in [5, 5.41) is 0. The zero-order valence-corrected chi connectivity index (χ0v) is 23.4. The van der Waals surface area contributed by atoms with Crippen molar-refractivity contribution in [3.63, 3.8) is 0 Å². The highest BCUT2D eigenvalue weighted by atomic mass is 15.2. The summed E-state index contributed by atoms with van der Waals surface area (Å²) < 4.78 is 1.55. The van der Waals surface area contributed by atoms with Crippen LogP contribution in [0.5, 0.6) is 0 Å². The minimum Gasteiger partial charge on any atom is -0.493 e. The Hall–Kier alpha value is -2.48. The lowest BCUT2D eigenvalue weighted by atomic mass is 9.91. The van der Waals surface area contributed by atoms with Crippen LogP contribution in [-0.2, 0) is 12.8 Å². The summed E-state index contributed by atoms with van der Waals surface area (Å²) >= 11 is 0. The van der Waals surface area contributed by atoms with Crippen molar-refractivity contribution in [2.24, 2.45) is 0 Å². The van der Waals surface area contributed by atoms with Crippen molar-refractivity contribution in [2.45, 2.75) is 118 Å². The Balaban J connectivity index is 2.05. The van der Waals surface area contributed by atoms with Crippen LogP contribution in [0.15, 0.2) is 59.7 Å². The largest absolute Gasteiger partial charge is 0.493 e. The molecule has 0 unspecified atom stereocenters. The first-order valence-corrected chi connectivity index (χ1v) is 14.8. The second kappa shape index (κ2) is 14.9. The van der Waals surface area contributed by atoms with E-state index in [0.717, 1.165) is 73.9 Å². The van der Waals surface area contributed by atoms with Gasteiger partial charge in [-0.2, -0.15) is 0 Å². The third kappa shape index (κ3) is 7.28. The van der Waals surface area contributed by atoms with Crippen molar-refractivity contribution in [3.8, 4) is 0 Å². The predicted octanol–water partition coefficient (Wildman–Crippen LogP) is 10.7. The Kier molecular flexibility index (Phi) is 11.7. The molecule has 0 saturated heterocycles. The van der Waals surface area contributed by atoms with Gasteiger partial charge in [-0.15, -0.1) is 0 Å². The number of aryl methyl sites for hydroxylation is 2. The van der Waals surface area contributed by atoms with E-state index in [9.17, 15) is 5.53 Å². The van der Waals surface area contributed by atoms with Gasteiger partial charge in [-0.05, 0) is 86.8 Å². The van der Waals surface area contributed by atoms with E-state index in [2.05, 4.69) is 76.2 Å². The van der Waals surface area contributed by atoms with E-state index >= 15 is 0 Å². The molecular weight excluding hydrogens is 436 g/mol. The monoisotopic (exact) mass is 484 g/mol. The van der Waals surface area contributed by atoms with Gasteiger partial charge >= 0.3 is 0 Å². The molecule has 2 nitrogen and oxygen atoms in total. The van der Waals surface area contributed by atoms with Crippen molar-refractivity contribution >= 4 is 11.4 Å². The molecule has 0 atom stereocenters. The highest BCUT2D eigenvalue weighted by Gasteiger charge is 2.35. The molecule has 1 heterocycles. The van der Waals surface area contributed by atoms with Gasteiger partial charge in [0.15, 0.2) is 0 Å². The average molecular weight is 485 g/mol. The van der Waals surface area contributed by atoms with E-state index in [0.29, 0.717) is 0 Å². The van der Waals surface area contributed by atoms with Crippen LogP contribution in [0.2, 0.25) is 0 Å². The third-order valence-electron chi connectivity index (χ3n) is 7.46. The first kappa shape index (κ1) is 28.1. The lowest BCUT2D eigenvalue weighted by molar-refractivity contribution is -0.345. The van der Waals surface area contributed by atoms with E-state index in [1.165, 1.54) is 60.8 Å². The van der Waals surface area contributed by atoms with Crippen molar-refractivity contribution < 1.29 is 4.70 Å². The van der Waals surface area contributed by atoms with Gasteiger partial charge in [0.05, 0.1) is 0 Å². The third-order valence-corrected chi connectivity index (χ3v) is 7.46. The van der Waals surface area contributed by atoms with Crippen LogP contribution in [0, 0.1) is 0 Å². The Morgan fingerprint density at radius 2 is 0.944 bits per heavy atom. The number of nitrogens with zero attached hydrogens (tertiary/aromatic N) is 2. The summed E-state index contributed by atoms with van der Waals surface area (Å²) in [6, 6.07) is 17.9. The molecule has 0 fully saturated rings. The van der Waals surface area contributed by atoms with Gasteiger partial charge in [0.2, 0.25) is 11.4 Å². The van der Waals surface area contributed by atoms with Crippen LogP contribution in [-0.4, -0.2) is 4.70 Å². The molecule has 1 aliphatic rings. The first-order valence-electron chi connectivity index (χ1n) is 14.8. The van der Waals surface area contributed by atoms with Gasteiger partial charge in [-0.1, -0.05) is 90.5 Å². The topological polar surface area (TPSA) is 25.3 Å². The second-order valence-electron chi connectivity index (χ2n) is 10.5. The van der Waals surface area contributed by atoms with Crippen LogP contribution in [0.4, 0.5) is 0 Å². The molecule has 36 heavy (non-hydrogen) atoms. The first-order chi connectivity index (χ1) is 17.6. The fourth-order valence-electron chi connectivity index (χ4n) is 5.40. The van der Waals surface area contributed by atoms with Crippen LogP contribution >= 0.6 is 0 Å². The molecule has 0 bridgehead atoms. The van der Waals surface area contributed by atoms with Crippen LogP contribution in [0.1, 0.15) is 127 Å². The molecular formula is C34H48N2. The number of allylic oxidation sites excluding steroid dienone is 2. The summed E-state index contributed by atoms with van der Waals surface area (Å²) in [7, 11) is 0. The predicted molar refractivity (Wildman–Crippen MR) is 156 cm³/mol. The molecule has 1 aliphatic heterocycles. The van der Waals surface area contributed by atoms with E-state index < -0.39 is 0 Å². The van der Waals surface area contributed by atoms with E-state index in [1.54, 1.807) is 4.70 Å². The van der Waals surface area contributed by atoms with Gasteiger partial charge in [0.25, 0.3) is 0 Å². The molecule has 3 rings (SSSR count). The number of hydrogen-bond donors (Lipinski definition) is 0. The van der Waals surface area contributed by atoms with Crippen LogP contribution in [0.25, 0.3) is 16.9 Å². The summed E-state index contributed by atoms with van der Waals surface area (Å²) in [5.41, 5.74) is 21.6. The van der Waals surface area contributed by atoms with Crippen molar-refractivity contribution in [3.05, 3.63) is 87.5 Å². The van der Waals surface area contributed by atoms with Crippen molar-refractivity contribution in [2.75, 3.05) is 0 Å². The number of unbranched alkanes of at least 4 members (excludes halogenated alkanes) is 6. The zero-order valence-electron chi connectivity index (χ0n) is 23.4. The number of rotatable bonds is 16. The lowest BCUT2D eigenvalue weighted by Crippen LogP contribution is -2.03. The van der Waals surface area contributed by atoms with E-state index in [4.69, 9.17) is 0 Å². The molecule has 0 aromatic heterocycles. The zero-order chi connectivity index (χ0) is 25.8. The van der Waals surface area contributed by atoms with Gasteiger partial charge < -0.3 is 5.53 Å². The average Bonchev–Trinajstić information content (AvgIpc) is 3.17. The fraction of sp³-hybridized carbons (Fsp3) is 0.529. The summed E-state index contributed by atoms with van der Waals surface area (Å²) in [6.45, 7) is 9.03. The fourth-order valence-corrected chi connectivity index (χ4v) is 5.40. The molecule has 0 radical (unpaired) electrons. The molecule has 0 aliphatic carbocycles. The molecule has 0 saturated carbocycles. The highest BCUT2D eigenvalue weighted by molar-refractivity contribution is 5.82. The minimum absolute atomic E-state index is 1.01. The molecule has 0 spiro atoms. The van der Waals surface area contributed by atoms with Gasteiger partial charge in [0, 0.05) is 22.3 Å². The Labute approximate surface area is 221 Å². The minimum atomic E-state index is 1.01. The quantitative estimate of drug-likeness (QED) is 0.167. The van der Waals surface area contributed by atoms with Crippen molar-refractivity contribution in [1.82, 2.24) is 0 Å². The summed E-state index contributed by atoms with van der Waals surface area (Å²) in [6.07, 6.45) is 16.3. The molecule has 194 valence electrons. The second-order valence-corrected chi connectivity index (χ2v) is 10.5. The van der Waals surface area contributed by atoms with Crippen molar-refractivity contribution in [1.29, 1.82) is 0 Å². The standard InChI is InChI=1S/C34H48N2/c1-5-9-13-17-27-19-15-21-29(25-27)33-31(23-11-7-3)32(24-12-8-4)34(36(33)35)30-22-16-20-28(26-30)18-14-10-6-2/h15-16,19-22,25-26H,5-14,17-18,23-24H2,1-4H3. The summed E-state index contributed by atoms with van der Waals surface area (Å²) in [4.78, 5) is 0. The maximum atomic E-state index is 11.8. The number of hydrogen-bond acceptors (Lipinski definition) is 0. The maximum absolute atomic E-state index is 11.8. The number of benzene rings is 2. The SMILES string of the molecule is CCCCCc1cccc(C2=C(CCCC)C(CCCC)=C(c3cccc(CCCCC)c3)[N+]2=[N-])c1. The molecule has 0 N–H and O–H groups in total.